The Morgan fingerprint density at radius 3 is 2.88 bits per heavy atom. The first-order chi connectivity index (χ1) is 8.09. The van der Waals surface area contributed by atoms with Crippen molar-refractivity contribution in [2.75, 3.05) is 38.6 Å². The van der Waals surface area contributed by atoms with E-state index in [0.29, 0.717) is 12.5 Å². The summed E-state index contributed by atoms with van der Waals surface area (Å²) in [6, 6.07) is 0. The maximum absolute atomic E-state index is 10.8. The molecule has 0 aliphatic carbocycles. The van der Waals surface area contributed by atoms with Gasteiger partial charge < -0.3 is 10.0 Å². The molecule has 2 fully saturated rings. The van der Waals surface area contributed by atoms with Crippen molar-refractivity contribution in [3.8, 4) is 0 Å². The molecule has 5 nitrogen and oxygen atoms in total. The molecule has 0 spiro atoms. The lowest BCUT2D eigenvalue weighted by Crippen LogP contribution is -2.40. The van der Waals surface area contributed by atoms with Crippen molar-refractivity contribution in [2.45, 2.75) is 12.0 Å². The Morgan fingerprint density at radius 1 is 1.47 bits per heavy atom. The molecule has 0 aromatic carbocycles. The van der Waals surface area contributed by atoms with Crippen LogP contribution >= 0.6 is 0 Å². The standard InChI is InChI=1S/C12H18N4O/c1-15(2)11-6-13-5-10(14-11)12(17)8-16-4-3-9(12)7-16/h5-6,9,17H,3-4,7-8H2,1-2H3. The summed E-state index contributed by atoms with van der Waals surface area (Å²) in [6.07, 6.45) is 4.49. The van der Waals surface area contributed by atoms with Crippen LogP contribution in [0, 0.1) is 5.92 Å². The monoisotopic (exact) mass is 234 g/mol. The Morgan fingerprint density at radius 2 is 2.29 bits per heavy atom. The molecule has 3 heterocycles. The Balaban J connectivity index is 1.96. The van der Waals surface area contributed by atoms with Gasteiger partial charge in [0.15, 0.2) is 0 Å². The van der Waals surface area contributed by atoms with E-state index in [4.69, 9.17) is 0 Å². The zero-order valence-corrected chi connectivity index (χ0v) is 10.3. The second-order valence-corrected chi connectivity index (χ2v) is 5.30. The predicted molar refractivity (Wildman–Crippen MR) is 64.8 cm³/mol. The maximum atomic E-state index is 10.8. The summed E-state index contributed by atoms with van der Waals surface area (Å²) in [7, 11) is 3.87. The molecule has 2 bridgehead atoms. The Kier molecular flexibility index (Phi) is 2.34. The summed E-state index contributed by atoms with van der Waals surface area (Å²) in [4.78, 5) is 12.9. The van der Waals surface area contributed by atoms with E-state index < -0.39 is 5.60 Å². The molecule has 3 rings (SSSR count). The highest BCUT2D eigenvalue weighted by Crippen LogP contribution is 2.42. The van der Waals surface area contributed by atoms with Crippen LogP contribution in [-0.4, -0.2) is 53.7 Å². The molecule has 0 saturated carbocycles. The van der Waals surface area contributed by atoms with Crippen molar-refractivity contribution in [3.63, 3.8) is 0 Å². The van der Waals surface area contributed by atoms with E-state index in [1.165, 1.54) is 0 Å². The van der Waals surface area contributed by atoms with Crippen LogP contribution in [0.1, 0.15) is 12.1 Å². The van der Waals surface area contributed by atoms with Crippen molar-refractivity contribution in [1.82, 2.24) is 14.9 Å². The summed E-state index contributed by atoms with van der Waals surface area (Å²) in [5, 5.41) is 10.8. The first-order valence-corrected chi connectivity index (χ1v) is 6.04. The molecule has 2 aliphatic rings. The van der Waals surface area contributed by atoms with Gasteiger partial charge in [-0.1, -0.05) is 0 Å². The van der Waals surface area contributed by atoms with E-state index in [2.05, 4.69) is 14.9 Å². The minimum absolute atomic E-state index is 0.314. The van der Waals surface area contributed by atoms with Crippen LogP contribution in [0.5, 0.6) is 0 Å². The van der Waals surface area contributed by atoms with Crippen LogP contribution in [0.25, 0.3) is 0 Å². The molecule has 17 heavy (non-hydrogen) atoms. The van der Waals surface area contributed by atoms with Crippen molar-refractivity contribution in [3.05, 3.63) is 18.1 Å². The normalized spacial score (nSPS) is 35.2. The van der Waals surface area contributed by atoms with E-state index >= 15 is 0 Å². The molecule has 0 radical (unpaired) electrons. The smallest absolute Gasteiger partial charge is 0.147 e. The molecular formula is C12H18N4O. The number of anilines is 1. The van der Waals surface area contributed by atoms with Gasteiger partial charge in [0.1, 0.15) is 11.4 Å². The van der Waals surface area contributed by atoms with Crippen LogP contribution in [-0.2, 0) is 5.60 Å². The molecule has 1 N–H and O–H groups in total. The highest BCUT2D eigenvalue weighted by Gasteiger charge is 2.51. The average Bonchev–Trinajstić information content (AvgIpc) is 2.89. The van der Waals surface area contributed by atoms with Crippen molar-refractivity contribution in [1.29, 1.82) is 0 Å². The lowest BCUT2D eigenvalue weighted by atomic mass is 9.85. The Bertz CT molecular complexity index is 436. The third-order valence-electron chi connectivity index (χ3n) is 3.94. The predicted octanol–water partition coefficient (Wildman–Crippen LogP) is 0.0657. The Labute approximate surface area is 101 Å². The molecule has 1 aromatic rings. The number of aromatic nitrogens is 2. The molecule has 2 aliphatic heterocycles. The Hall–Kier alpha value is -1.20. The zero-order chi connectivity index (χ0) is 12.0. The fraction of sp³-hybridized carbons (Fsp3) is 0.667. The topological polar surface area (TPSA) is 52.5 Å². The van der Waals surface area contributed by atoms with Gasteiger partial charge in [0.2, 0.25) is 0 Å². The van der Waals surface area contributed by atoms with Gasteiger partial charge in [-0.15, -0.1) is 0 Å². The largest absolute Gasteiger partial charge is 0.382 e. The van der Waals surface area contributed by atoms with E-state index in [0.717, 1.165) is 31.0 Å². The van der Waals surface area contributed by atoms with Crippen LogP contribution in [0.2, 0.25) is 0 Å². The summed E-state index contributed by atoms with van der Waals surface area (Å²) in [5.41, 5.74) is -0.0759. The summed E-state index contributed by atoms with van der Waals surface area (Å²) in [6.45, 7) is 2.79. The van der Waals surface area contributed by atoms with Gasteiger partial charge in [0.05, 0.1) is 18.1 Å². The van der Waals surface area contributed by atoms with Crippen LogP contribution in [0.4, 0.5) is 5.82 Å². The van der Waals surface area contributed by atoms with Gasteiger partial charge in [-0.2, -0.15) is 0 Å². The minimum Gasteiger partial charge on any atom is -0.382 e. The average molecular weight is 234 g/mol. The highest BCUT2D eigenvalue weighted by molar-refractivity contribution is 5.35. The van der Waals surface area contributed by atoms with Gasteiger partial charge in [-0.05, 0) is 13.0 Å². The first-order valence-electron chi connectivity index (χ1n) is 6.04. The lowest BCUT2D eigenvalue weighted by Gasteiger charge is -2.31. The zero-order valence-electron chi connectivity index (χ0n) is 10.3. The number of hydrogen-bond donors (Lipinski definition) is 1. The van der Waals surface area contributed by atoms with Crippen LogP contribution < -0.4 is 4.90 Å². The van der Waals surface area contributed by atoms with Crippen molar-refractivity contribution in [2.24, 2.45) is 5.92 Å². The van der Waals surface area contributed by atoms with Crippen LogP contribution in [0.15, 0.2) is 12.4 Å². The number of rotatable bonds is 2. The van der Waals surface area contributed by atoms with E-state index in [9.17, 15) is 5.11 Å². The van der Waals surface area contributed by atoms with E-state index in [-0.39, 0.29) is 0 Å². The minimum atomic E-state index is -0.794. The lowest BCUT2D eigenvalue weighted by molar-refractivity contribution is -0.0140. The SMILES string of the molecule is CN(C)c1cncc(C2(O)CN3CCC2C3)n1. The molecule has 3 atom stereocenters. The fourth-order valence-corrected chi connectivity index (χ4v) is 2.91. The molecule has 1 aromatic heterocycles. The summed E-state index contributed by atoms with van der Waals surface area (Å²) >= 11 is 0. The molecule has 92 valence electrons. The number of hydrogen-bond acceptors (Lipinski definition) is 5. The molecule has 2 saturated heterocycles. The van der Waals surface area contributed by atoms with Gasteiger partial charge in [-0.25, -0.2) is 4.98 Å². The third-order valence-corrected chi connectivity index (χ3v) is 3.94. The first kappa shape index (κ1) is 10.9. The number of nitrogens with zero attached hydrogens (tertiary/aromatic N) is 4. The molecular weight excluding hydrogens is 216 g/mol. The molecule has 5 heteroatoms. The van der Waals surface area contributed by atoms with E-state index in [1.807, 2.05) is 19.0 Å². The molecule has 3 unspecified atom stereocenters. The van der Waals surface area contributed by atoms with Crippen molar-refractivity contribution < 1.29 is 5.11 Å². The second kappa shape index (κ2) is 3.65. The van der Waals surface area contributed by atoms with Crippen molar-refractivity contribution >= 4 is 5.82 Å². The number of aliphatic hydroxyl groups is 1. The van der Waals surface area contributed by atoms with Gasteiger partial charge in [0.25, 0.3) is 0 Å². The number of piperidine rings is 1. The quantitative estimate of drug-likeness (QED) is 0.784. The third kappa shape index (κ3) is 1.61. The van der Waals surface area contributed by atoms with Crippen LogP contribution in [0.3, 0.4) is 0 Å². The summed E-state index contributed by atoms with van der Waals surface area (Å²) in [5.74, 6) is 1.11. The highest BCUT2D eigenvalue weighted by atomic mass is 16.3. The summed E-state index contributed by atoms with van der Waals surface area (Å²) < 4.78 is 0. The fourth-order valence-electron chi connectivity index (χ4n) is 2.91. The van der Waals surface area contributed by atoms with Gasteiger partial charge >= 0.3 is 0 Å². The molecule has 0 amide bonds. The second-order valence-electron chi connectivity index (χ2n) is 5.30. The maximum Gasteiger partial charge on any atom is 0.147 e. The number of fused-ring (bicyclic) bond motifs is 2. The van der Waals surface area contributed by atoms with E-state index in [1.54, 1.807) is 12.4 Å². The van der Waals surface area contributed by atoms with Gasteiger partial charge in [0, 0.05) is 33.1 Å². The van der Waals surface area contributed by atoms with Gasteiger partial charge in [-0.3, -0.25) is 9.88 Å².